The SMILES string of the molecule is CCCCN(C(=O)CSc1ccc(Cl)cc1)c1c(N)n(CC(C)C)c(=O)[nH]c1=O. The predicted molar refractivity (Wildman–Crippen MR) is 120 cm³/mol. The van der Waals surface area contributed by atoms with Crippen molar-refractivity contribution in [2.24, 2.45) is 5.92 Å². The number of H-pyrrole nitrogens is 1. The first-order chi connectivity index (χ1) is 13.7. The number of halogens is 1. The summed E-state index contributed by atoms with van der Waals surface area (Å²) in [6.07, 6.45) is 1.55. The largest absolute Gasteiger partial charge is 0.383 e. The van der Waals surface area contributed by atoms with Crippen LogP contribution >= 0.6 is 23.4 Å². The van der Waals surface area contributed by atoms with Crippen molar-refractivity contribution in [1.29, 1.82) is 0 Å². The van der Waals surface area contributed by atoms with E-state index < -0.39 is 11.2 Å². The second-order valence-corrected chi connectivity index (χ2v) is 8.62. The van der Waals surface area contributed by atoms with Crippen molar-refractivity contribution in [3.63, 3.8) is 0 Å². The zero-order valence-electron chi connectivity index (χ0n) is 16.9. The molecular weight excluding hydrogens is 412 g/mol. The molecule has 9 heteroatoms. The number of hydrogen-bond acceptors (Lipinski definition) is 5. The predicted octanol–water partition coefficient (Wildman–Crippen LogP) is 3.35. The highest BCUT2D eigenvalue weighted by molar-refractivity contribution is 8.00. The molecule has 1 heterocycles. The van der Waals surface area contributed by atoms with Gasteiger partial charge in [-0.15, -0.1) is 11.8 Å². The smallest absolute Gasteiger partial charge is 0.330 e. The van der Waals surface area contributed by atoms with Crippen molar-refractivity contribution in [3.8, 4) is 0 Å². The molecule has 0 saturated carbocycles. The van der Waals surface area contributed by atoms with Gasteiger partial charge in [-0.1, -0.05) is 38.8 Å². The number of nitrogens with two attached hydrogens (primary N) is 1. The van der Waals surface area contributed by atoms with E-state index in [1.165, 1.54) is 21.2 Å². The van der Waals surface area contributed by atoms with Gasteiger partial charge >= 0.3 is 5.69 Å². The molecule has 1 aromatic heterocycles. The number of amides is 1. The highest BCUT2D eigenvalue weighted by Crippen LogP contribution is 2.23. The standard InChI is InChI=1S/C20H27ClN4O3S/c1-4-5-10-24(16(26)12-29-15-8-6-14(21)7-9-15)17-18(22)25(11-13(2)3)20(28)23-19(17)27/h6-9,13H,4-5,10-12,22H2,1-3H3,(H,23,27,28). The summed E-state index contributed by atoms with van der Waals surface area (Å²) in [6, 6.07) is 7.18. The fourth-order valence-electron chi connectivity index (χ4n) is 2.82. The van der Waals surface area contributed by atoms with Crippen LogP contribution in [0.2, 0.25) is 5.02 Å². The maximum atomic E-state index is 13.0. The van der Waals surface area contributed by atoms with Gasteiger partial charge in [0.1, 0.15) is 5.82 Å². The van der Waals surface area contributed by atoms with Crippen molar-refractivity contribution in [2.45, 2.75) is 45.1 Å². The maximum Gasteiger partial charge on any atom is 0.330 e. The van der Waals surface area contributed by atoms with E-state index in [1.54, 1.807) is 12.1 Å². The lowest BCUT2D eigenvalue weighted by Gasteiger charge is -2.24. The molecule has 0 fully saturated rings. The van der Waals surface area contributed by atoms with Crippen LogP contribution in [-0.4, -0.2) is 27.8 Å². The molecule has 7 nitrogen and oxygen atoms in total. The molecule has 2 aromatic rings. The number of nitrogen functional groups attached to an aromatic ring is 1. The maximum absolute atomic E-state index is 13.0. The van der Waals surface area contributed by atoms with E-state index in [4.69, 9.17) is 17.3 Å². The molecule has 0 unspecified atom stereocenters. The second-order valence-electron chi connectivity index (χ2n) is 7.14. The van der Waals surface area contributed by atoms with Crippen molar-refractivity contribution in [2.75, 3.05) is 22.9 Å². The number of benzene rings is 1. The third-order valence-corrected chi connectivity index (χ3v) is 5.49. The summed E-state index contributed by atoms with van der Waals surface area (Å²) in [7, 11) is 0. The van der Waals surface area contributed by atoms with Gasteiger partial charge < -0.3 is 10.6 Å². The summed E-state index contributed by atoms with van der Waals surface area (Å²) >= 11 is 7.25. The number of hydrogen-bond donors (Lipinski definition) is 2. The quantitative estimate of drug-likeness (QED) is 0.584. The van der Waals surface area contributed by atoms with Crippen LogP contribution in [0.4, 0.5) is 11.5 Å². The Labute approximate surface area is 179 Å². The van der Waals surface area contributed by atoms with Gasteiger partial charge in [0, 0.05) is 23.0 Å². The molecule has 0 radical (unpaired) electrons. The molecule has 0 aliphatic rings. The number of aromatic nitrogens is 2. The lowest BCUT2D eigenvalue weighted by atomic mass is 10.2. The Kier molecular flexibility index (Phi) is 8.40. The molecule has 1 aromatic carbocycles. The minimum Gasteiger partial charge on any atom is -0.383 e. The molecule has 0 bridgehead atoms. The van der Waals surface area contributed by atoms with Crippen molar-refractivity contribution in [3.05, 3.63) is 50.1 Å². The first kappa shape index (κ1) is 23.1. The molecule has 3 N–H and O–H groups in total. The third-order valence-electron chi connectivity index (χ3n) is 4.24. The van der Waals surface area contributed by atoms with Gasteiger partial charge in [-0.3, -0.25) is 19.1 Å². The summed E-state index contributed by atoms with van der Waals surface area (Å²) in [5.41, 5.74) is 5.03. The summed E-state index contributed by atoms with van der Waals surface area (Å²) < 4.78 is 1.32. The van der Waals surface area contributed by atoms with Gasteiger partial charge in [0.25, 0.3) is 5.56 Å². The number of aromatic amines is 1. The summed E-state index contributed by atoms with van der Waals surface area (Å²) in [5, 5.41) is 0.622. The van der Waals surface area contributed by atoms with Crippen LogP contribution in [0.3, 0.4) is 0 Å². The van der Waals surface area contributed by atoms with Crippen molar-refractivity contribution >= 4 is 40.8 Å². The van der Waals surface area contributed by atoms with Crippen LogP contribution < -0.4 is 21.9 Å². The monoisotopic (exact) mass is 438 g/mol. The van der Waals surface area contributed by atoms with Gasteiger partial charge in [-0.2, -0.15) is 0 Å². The van der Waals surface area contributed by atoms with Crippen molar-refractivity contribution < 1.29 is 4.79 Å². The average Bonchev–Trinajstić information content (AvgIpc) is 2.66. The fraction of sp³-hybridized carbons (Fsp3) is 0.450. The molecular formula is C20H27ClN4O3S. The molecule has 0 saturated heterocycles. The Hall–Kier alpha value is -2.19. The fourth-order valence-corrected chi connectivity index (χ4v) is 3.72. The molecule has 0 spiro atoms. The van der Waals surface area contributed by atoms with E-state index >= 15 is 0 Å². The van der Waals surface area contributed by atoms with E-state index in [0.29, 0.717) is 24.5 Å². The summed E-state index contributed by atoms with van der Waals surface area (Å²) in [6.45, 7) is 6.59. The van der Waals surface area contributed by atoms with E-state index in [0.717, 1.165) is 11.3 Å². The Morgan fingerprint density at radius 3 is 2.52 bits per heavy atom. The molecule has 0 aliphatic heterocycles. The number of nitrogens with one attached hydrogen (secondary N) is 1. The van der Waals surface area contributed by atoms with Crippen molar-refractivity contribution in [1.82, 2.24) is 9.55 Å². The zero-order valence-corrected chi connectivity index (χ0v) is 18.5. The highest BCUT2D eigenvalue weighted by atomic mass is 35.5. The Balaban J connectivity index is 2.35. The molecule has 0 aliphatic carbocycles. The molecule has 0 atom stereocenters. The number of nitrogens with zero attached hydrogens (tertiary/aromatic N) is 2. The molecule has 2 rings (SSSR count). The lowest BCUT2D eigenvalue weighted by molar-refractivity contribution is -0.116. The number of carbonyl (C=O) groups excluding carboxylic acids is 1. The molecule has 158 valence electrons. The number of anilines is 2. The molecule has 1 amide bonds. The average molecular weight is 439 g/mol. The number of unbranched alkanes of at least 4 members (excludes halogenated alkanes) is 1. The van der Waals surface area contributed by atoms with E-state index in [2.05, 4.69) is 4.98 Å². The summed E-state index contributed by atoms with van der Waals surface area (Å²) in [4.78, 5) is 42.3. The zero-order chi connectivity index (χ0) is 21.6. The minimum absolute atomic E-state index is 0.0217. The summed E-state index contributed by atoms with van der Waals surface area (Å²) in [5.74, 6) is 0.0563. The normalized spacial score (nSPS) is 11.1. The van der Waals surface area contributed by atoms with E-state index in [9.17, 15) is 14.4 Å². The third kappa shape index (κ3) is 6.14. The molecule has 29 heavy (non-hydrogen) atoms. The van der Waals surface area contributed by atoms with E-state index in [1.807, 2.05) is 32.9 Å². The van der Waals surface area contributed by atoms with Gasteiger partial charge in [-0.25, -0.2) is 4.79 Å². The van der Waals surface area contributed by atoms with Gasteiger partial charge in [0.05, 0.1) is 5.75 Å². The number of thioether (sulfide) groups is 1. The van der Waals surface area contributed by atoms with E-state index in [-0.39, 0.29) is 29.1 Å². The van der Waals surface area contributed by atoms with Crippen LogP contribution in [0.5, 0.6) is 0 Å². The Bertz CT molecular complexity index is 954. The van der Waals surface area contributed by atoms with Gasteiger partial charge in [-0.05, 0) is 36.6 Å². The number of rotatable bonds is 9. The van der Waals surface area contributed by atoms with Gasteiger partial charge in [0.2, 0.25) is 5.91 Å². The van der Waals surface area contributed by atoms with Crippen LogP contribution in [0.1, 0.15) is 33.6 Å². The Morgan fingerprint density at radius 2 is 1.93 bits per heavy atom. The van der Waals surface area contributed by atoms with Gasteiger partial charge in [0.15, 0.2) is 5.69 Å². The topological polar surface area (TPSA) is 101 Å². The van der Waals surface area contributed by atoms with Crippen LogP contribution in [-0.2, 0) is 11.3 Å². The first-order valence-corrected chi connectivity index (χ1v) is 10.9. The lowest BCUT2D eigenvalue weighted by Crippen LogP contribution is -2.42. The van der Waals surface area contributed by atoms with Crippen LogP contribution in [0, 0.1) is 5.92 Å². The second kappa shape index (κ2) is 10.5. The number of carbonyl (C=O) groups is 1. The highest BCUT2D eigenvalue weighted by Gasteiger charge is 2.24. The minimum atomic E-state index is -0.645. The Morgan fingerprint density at radius 1 is 1.28 bits per heavy atom. The van der Waals surface area contributed by atoms with Crippen LogP contribution in [0.15, 0.2) is 38.8 Å². The first-order valence-electron chi connectivity index (χ1n) is 9.55. The van der Waals surface area contributed by atoms with Crippen LogP contribution in [0.25, 0.3) is 0 Å².